The number of carboxylic acid groups (broad SMARTS) is 1. The zero-order chi connectivity index (χ0) is 10.6. The third-order valence-corrected chi connectivity index (χ3v) is 0.769. The van der Waals surface area contributed by atoms with Crippen LogP contribution in [0, 0.1) is 5.92 Å². The maximum absolute atomic E-state index is 10.9. The highest BCUT2D eigenvalue weighted by Crippen LogP contribution is 1.97. The molecular formula is C6H10O4. The number of aliphatic carboxylic acids is 1. The van der Waals surface area contributed by atoms with E-state index in [2.05, 4.69) is 4.74 Å². The molecule has 0 fully saturated rings. The molecule has 0 amide bonds. The van der Waals surface area contributed by atoms with Gasteiger partial charge in [-0.2, -0.15) is 0 Å². The predicted molar refractivity (Wildman–Crippen MR) is 33.4 cm³/mol. The molecule has 0 aromatic carbocycles. The highest BCUT2D eigenvalue weighted by molar-refractivity contribution is 5.93. The molecule has 0 aromatic rings. The molecule has 10 heavy (non-hydrogen) atoms. The first-order valence-electron chi connectivity index (χ1n) is 4.20. The molecule has 1 N–H and O–H groups in total. The van der Waals surface area contributed by atoms with Crippen LogP contribution in [0.1, 0.15) is 17.9 Å². The van der Waals surface area contributed by atoms with Crippen LogP contribution in [0.4, 0.5) is 0 Å². The summed E-state index contributed by atoms with van der Waals surface area (Å²) in [4.78, 5) is 21.3. The molecule has 0 radical (unpaired) electrons. The van der Waals surface area contributed by atoms with E-state index < -0.39 is 24.7 Å². The van der Waals surface area contributed by atoms with Crippen molar-refractivity contribution in [3.05, 3.63) is 0 Å². The van der Waals surface area contributed by atoms with Crippen LogP contribution in [0.25, 0.3) is 0 Å². The fraction of sp³-hybridized carbons (Fsp3) is 0.667. The largest absolute Gasteiger partial charge is 0.481 e. The van der Waals surface area contributed by atoms with Gasteiger partial charge in [0.2, 0.25) is 0 Å². The molecule has 0 saturated heterocycles. The minimum Gasteiger partial charge on any atom is -0.481 e. The van der Waals surface area contributed by atoms with E-state index in [0.29, 0.717) is 0 Å². The summed E-state index contributed by atoms with van der Waals surface area (Å²) in [6.07, 6.45) is 0. The first kappa shape index (κ1) is 4.71. The Hall–Kier alpha value is -1.06. The van der Waals surface area contributed by atoms with Crippen LogP contribution < -0.4 is 0 Å². The number of rotatable bonds is 3. The highest BCUT2D eigenvalue weighted by Gasteiger charge is 2.20. The fourth-order valence-electron chi connectivity index (χ4n) is 0.326. The average Bonchev–Trinajstić information content (AvgIpc) is 1.82. The van der Waals surface area contributed by atoms with Gasteiger partial charge in [0.25, 0.3) is 0 Å². The van der Waals surface area contributed by atoms with Gasteiger partial charge in [0.1, 0.15) is 0 Å². The Labute approximate surface area is 63.0 Å². The van der Waals surface area contributed by atoms with Gasteiger partial charge in [-0.15, -0.1) is 0 Å². The second kappa shape index (κ2) is 3.87. The van der Waals surface area contributed by atoms with Crippen LogP contribution in [-0.4, -0.2) is 23.7 Å². The maximum atomic E-state index is 10.9. The number of esters is 1. The zero-order valence-electron chi connectivity index (χ0n) is 8.46. The van der Waals surface area contributed by atoms with E-state index in [4.69, 9.17) is 9.22 Å². The maximum Gasteiger partial charge on any atom is 0.320 e. The summed E-state index contributed by atoms with van der Waals surface area (Å²) in [5.74, 6) is -5.01. The number of hydrogen-bond donors (Lipinski definition) is 1. The van der Waals surface area contributed by atoms with Crippen molar-refractivity contribution in [2.24, 2.45) is 5.92 Å². The van der Waals surface area contributed by atoms with Crippen molar-refractivity contribution in [2.75, 3.05) is 6.61 Å². The number of ether oxygens (including phenoxy) is 1. The van der Waals surface area contributed by atoms with Crippen molar-refractivity contribution in [2.45, 2.75) is 13.8 Å². The van der Waals surface area contributed by atoms with Crippen LogP contribution in [-0.2, 0) is 14.3 Å². The van der Waals surface area contributed by atoms with Gasteiger partial charge in [-0.1, -0.05) is 0 Å². The smallest absolute Gasteiger partial charge is 0.320 e. The first-order valence-corrected chi connectivity index (χ1v) is 2.70. The molecule has 4 heteroatoms. The monoisotopic (exact) mass is 149 g/mol. The normalized spacial score (nSPS) is 17.9. The van der Waals surface area contributed by atoms with E-state index in [-0.39, 0.29) is 6.61 Å². The number of carbonyl (C=O) groups excluding carboxylic acids is 1. The van der Waals surface area contributed by atoms with Crippen molar-refractivity contribution in [3.8, 4) is 0 Å². The quantitative estimate of drug-likeness (QED) is 0.462. The zero-order valence-corrected chi connectivity index (χ0v) is 5.46. The van der Waals surface area contributed by atoms with E-state index in [1.165, 1.54) is 6.92 Å². The number of carboxylic acids is 1. The van der Waals surface area contributed by atoms with Gasteiger partial charge < -0.3 is 9.84 Å². The molecule has 0 aliphatic carbocycles. The van der Waals surface area contributed by atoms with Crippen LogP contribution >= 0.6 is 0 Å². The molecule has 0 aromatic heterocycles. The van der Waals surface area contributed by atoms with Gasteiger partial charge in [-0.05, 0) is 13.8 Å². The minimum absolute atomic E-state index is 0.0430. The van der Waals surface area contributed by atoms with E-state index in [1.807, 2.05) is 0 Å². The lowest BCUT2D eigenvalue weighted by molar-refractivity contribution is -0.157. The summed E-state index contributed by atoms with van der Waals surface area (Å²) >= 11 is 0. The van der Waals surface area contributed by atoms with E-state index >= 15 is 0 Å². The van der Waals surface area contributed by atoms with Crippen LogP contribution in [0.2, 0.25) is 0 Å². The van der Waals surface area contributed by atoms with Crippen molar-refractivity contribution in [3.63, 3.8) is 0 Å². The average molecular weight is 149 g/mol. The van der Waals surface area contributed by atoms with E-state index in [9.17, 15) is 9.59 Å². The Bertz CT molecular complexity index is 210. The third-order valence-electron chi connectivity index (χ3n) is 0.769. The number of hydrogen-bond acceptors (Lipinski definition) is 3. The molecular weight excluding hydrogens is 136 g/mol. The van der Waals surface area contributed by atoms with Crippen molar-refractivity contribution in [1.29, 1.82) is 0 Å². The Balaban J connectivity index is 4.63. The molecule has 0 bridgehead atoms. The van der Waals surface area contributed by atoms with Crippen molar-refractivity contribution >= 4 is 11.9 Å². The summed E-state index contributed by atoms with van der Waals surface area (Å²) in [5, 5.41) is 8.45. The fourth-order valence-corrected chi connectivity index (χ4v) is 0.326. The van der Waals surface area contributed by atoms with Crippen LogP contribution in [0.15, 0.2) is 0 Å². The van der Waals surface area contributed by atoms with Crippen LogP contribution in [0.5, 0.6) is 0 Å². The Morgan fingerprint density at radius 1 is 1.80 bits per heavy atom. The molecule has 58 valence electrons. The van der Waals surface area contributed by atoms with Crippen molar-refractivity contribution < 1.29 is 23.5 Å². The molecule has 0 heterocycles. The van der Waals surface area contributed by atoms with Crippen molar-refractivity contribution in [1.82, 2.24) is 0 Å². The van der Waals surface area contributed by atoms with Gasteiger partial charge in [0, 0.05) is 4.11 Å². The summed E-state index contributed by atoms with van der Waals surface area (Å²) in [6, 6.07) is 0. The number of carbonyl (C=O) groups is 2. The van der Waals surface area contributed by atoms with Gasteiger partial charge in [0.15, 0.2) is 5.92 Å². The summed E-state index contributed by atoms with van der Waals surface area (Å²) in [5.41, 5.74) is 0. The Kier molecular flexibility index (Phi) is 1.82. The Morgan fingerprint density at radius 3 is 2.70 bits per heavy atom. The van der Waals surface area contributed by atoms with Gasteiger partial charge >= 0.3 is 11.9 Å². The molecule has 0 spiro atoms. The standard InChI is InChI=1S/C6H10O4/c1-3-10-6(9)4(2)5(7)8/h4H,3H2,1-2H3,(H,7,8)/i2D3. The highest BCUT2D eigenvalue weighted by atomic mass is 16.5. The second-order valence-electron chi connectivity index (χ2n) is 1.52. The summed E-state index contributed by atoms with van der Waals surface area (Å²) < 4.78 is 24.7. The second-order valence-corrected chi connectivity index (χ2v) is 1.52. The molecule has 4 nitrogen and oxygen atoms in total. The molecule has 0 aliphatic heterocycles. The van der Waals surface area contributed by atoms with Crippen LogP contribution in [0.3, 0.4) is 0 Å². The molecule has 1 unspecified atom stereocenters. The lowest BCUT2D eigenvalue weighted by Gasteiger charge is -2.03. The minimum atomic E-state index is -2.86. The molecule has 0 aliphatic rings. The van der Waals surface area contributed by atoms with E-state index in [0.717, 1.165) is 0 Å². The van der Waals surface area contributed by atoms with E-state index in [1.54, 1.807) is 0 Å². The molecule has 0 saturated carbocycles. The van der Waals surface area contributed by atoms with Gasteiger partial charge in [0.05, 0.1) is 6.61 Å². The van der Waals surface area contributed by atoms with Gasteiger partial charge in [-0.3, -0.25) is 9.59 Å². The third kappa shape index (κ3) is 2.48. The summed E-state index contributed by atoms with van der Waals surface area (Å²) in [6.45, 7) is -1.44. The summed E-state index contributed by atoms with van der Waals surface area (Å²) in [7, 11) is 0. The Morgan fingerprint density at radius 2 is 2.40 bits per heavy atom. The lowest BCUT2D eigenvalue weighted by Crippen LogP contribution is -2.22. The predicted octanol–water partition coefficient (Wildman–Crippen LogP) is 0.270. The topological polar surface area (TPSA) is 63.6 Å². The lowest BCUT2D eigenvalue weighted by atomic mass is 10.2. The first-order chi connectivity index (χ1) is 5.80. The van der Waals surface area contributed by atoms with Gasteiger partial charge in [-0.25, -0.2) is 0 Å². The molecule has 0 rings (SSSR count). The molecule has 1 atom stereocenters. The SMILES string of the molecule is [2H]C([2H])([2H])C(C(=O)O)C(=O)OCC.